The molecule has 4 nitrogen and oxygen atoms in total. The number of nitrogens with zero attached hydrogens (tertiary/aromatic N) is 1. The Kier molecular flexibility index (Phi) is 3.13. The van der Waals surface area contributed by atoms with Gasteiger partial charge in [0, 0.05) is 23.7 Å². The molecule has 3 saturated heterocycles. The van der Waals surface area contributed by atoms with Crippen LogP contribution in [-0.2, 0) is 0 Å². The van der Waals surface area contributed by atoms with Crippen LogP contribution in [0.5, 0.6) is 11.5 Å². The van der Waals surface area contributed by atoms with Gasteiger partial charge in [-0.2, -0.15) is 0 Å². The summed E-state index contributed by atoms with van der Waals surface area (Å²) in [7, 11) is 0. The molecule has 0 N–H and O–H groups in total. The number of thiophene rings is 1. The molecule has 0 amide bonds. The van der Waals surface area contributed by atoms with Crippen molar-refractivity contribution in [2.45, 2.75) is 19.3 Å². The number of benzene rings is 1. The highest BCUT2D eigenvalue weighted by Crippen LogP contribution is 2.40. The lowest BCUT2D eigenvalue weighted by molar-refractivity contribution is 0.0442. The summed E-state index contributed by atoms with van der Waals surface area (Å²) in [5, 5.41) is 1.08. The number of carbonyl (C=O) groups excluding carboxylic acids is 1. The van der Waals surface area contributed by atoms with Crippen LogP contribution >= 0.6 is 11.3 Å². The molecule has 2 bridgehead atoms. The van der Waals surface area contributed by atoms with Gasteiger partial charge in [-0.3, -0.25) is 4.79 Å². The summed E-state index contributed by atoms with van der Waals surface area (Å²) in [4.78, 5) is 16.1. The Morgan fingerprint density at radius 3 is 2.70 bits per heavy atom. The highest BCUT2D eigenvalue weighted by atomic mass is 32.1. The summed E-state index contributed by atoms with van der Waals surface area (Å²) < 4.78 is 12.0. The van der Waals surface area contributed by atoms with Gasteiger partial charge in [0.05, 0.1) is 4.88 Å². The van der Waals surface area contributed by atoms with E-state index in [1.165, 1.54) is 25.9 Å². The number of piperidine rings is 3. The highest BCUT2D eigenvalue weighted by Gasteiger charge is 2.35. The maximum atomic E-state index is 12.7. The molecule has 120 valence electrons. The van der Waals surface area contributed by atoms with E-state index in [9.17, 15) is 4.79 Å². The van der Waals surface area contributed by atoms with Gasteiger partial charge in [-0.05, 0) is 55.3 Å². The van der Waals surface area contributed by atoms with Crippen molar-refractivity contribution in [2.24, 2.45) is 11.8 Å². The Balaban J connectivity index is 1.38. The molecule has 4 aliphatic rings. The van der Waals surface area contributed by atoms with E-state index in [4.69, 9.17) is 9.47 Å². The number of ether oxygens (including phenoxy) is 2. The summed E-state index contributed by atoms with van der Waals surface area (Å²) in [6, 6.07) is 6.00. The Bertz CT molecular complexity index is 735. The smallest absolute Gasteiger partial charge is 0.231 e. The minimum atomic E-state index is 0.290. The van der Waals surface area contributed by atoms with Crippen LogP contribution in [0.2, 0.25) is 0 Å². The van der Waals surface area contributed by atoms with E-state index in [1.54, 1.807) is 11.3 Å². The van der Waals surface area contributed by atoms with Crippen molar-refractivity contribution >= 4 is 27.2 Å². The molecule has 1 atom stereocenters. The quantitative estimate of drug-likeness (QED) is 0.807. The van der Waals surface area contributed by atoms with Crippen LogP contribution in [0.4, 0.5) is 0 Å². The summed E-state index contributed by atoms with van der Waals surface area (Å²) >= 11 is 1.58. The van der Waals surface area contributed by atoms with Gasteiger partial charge in [-0.15, -0.1) is 11.3 Å². The van der Waals surface area contributed by atoms with Crippen molar-refractivity contribution in [2.75, 3.05) is 26.4 Å². The fraction of sp³-hybridized carbons (Fsp3) is 0.500. The Labute approximate surface area is 139 Å². The van der Waals surface area contributed by atoms with Crippen LogP contribution in [0.25, 0.3) is 10.1 Å². The molecule has 0 spiro atoms. The van der Waals surface area contributed by atoms with Crippen LogP contribution in [0.15, 0.2) is 18.2 Å². The van der Waals surface area contributed by atoms with Gasteiger partial charge >= 0.3 is 0 Å². The molecule has 6 rings (SSSR count). The van der Waals surface area contributed by atoms with Gasteiger partial charge in [0.1, 0.15) is 0 Å². The molecule has 1 aromatic heterocycles. The lowest BCUT2D eigenvalue weighted by atomic mass is 9.76. The number of carbonyl (C=O) groups is 1. The Morgan fingerprint density at radius 1 is 1.17 bits per heavy atom. The number of hydrogen-bond acceptors (Lipinski definition) is 5. The van der Waals surface area contributed by atoms with Crippen LogP contribution in [-0.4, -0.2) is 37.1 Å². The molecule has 0 aliphatic carbocycles. The standard InChI is InChI=1S/C18H19NO3S/c20-14(5-13-9-19-3-1-11(13)2-4-19)18-7-12-6-15-16(22-10-21-15)8-17(12)23-18/h6-8,11,13H,1-5,9-10H2/t13-/m1/s1. The molecule has 1 aromatic carbocycles. The molecule has 23 heavy (non-hydrogen) atoms. The van der Waals surface area contributed by atoms with Crippen LogP contribution < -0.4 is 9.47 Å². The van der Waals surface area contributed by atoms with Gasteiger partial charge in [-0.25, -0.2) is 0 Å². The van der Waals surface area contributed by atoms with Crippen molar-refractivity contribution in [3.05, 3.63) is 23.1 Å². The predicted molar refractivity (Wildman–Crippen MR) is 89.5 cm³/mol. The molecule has 3 fully saturated rings. The Hall–Kier alpha value is -1.59. The molecule has 2 aromatic rings. The van der Waals surface area contributed by atoms with Gasteiger partial charge < -0.3 is 14.4 Å². The van der Waals surface area contributed by atoms with Gasteiger partial charge in [-0.1, -0.05) is 0 Å². The fourth-order valence-electron chi connectivity index (χ4n) is 4.22. The molecule has 0 radical (unpaired) electrons. The number of Topliss-reactive ketones (excluding diaryl/α,β-unsaturated/α-hetero) is 1. The van der Waals surface area contributed by atoms with E-state index in [-0.39, 0.29) is 6.79 Å². The van der Waals surface area contributed by atoms with E-state index in [2.05, 4.69) is 4.90 Å². The second-order valence-electron chi connectivity index (χ2n) is 6.88. The van der Waals surface area contributed by atoms with Crippen LogP contribution in [0.1, 0.15) is 28.9 Å². The third-order valence-corrected chi connectivity index (χ3v) is 6.66. The summed E-state index contributed by atoms with van der Waals surface area (Å²) in [6.07, 6.45) is 3.23. The predicted octanol–water partition coefficient (Wildman–Crippen LogP) is 3.54. The number of hydrogen-bond donors (Lipinski definition) is 0. The minimum absolute atomic E-state index is 0.290. The Morgan fingerprint density at radius 2 is 1.96 bits per heavy atom. The summed E-state index contributed by atoms with van der Waals surface area (Å²) in [5.41, 5.74) is 0. The normalized spacial score (nSPS) is 28.4. The topological polar surface area (TPSA) is 38.8 Å². The first-order valence-electron chi connectivity index (χ1n) is 8.35. The molecular formula is C18H19NO3S. The van der Waals surface area contributed by atoms with E-state index >= 15 is 0 Å². The number of fused-ring (bicyclic) bond motifs is 5. The summed E-state index contributed by atoms with van der Waals surface area (Å²) in [5.74, 6) is 3.17. The SMILES string of the molecule is O=C(C[C@@H]1CN2CCC1CC2)c1cc2cc3c(cc2s1)OCO3. The maximum Gasteiger partial charge on any atom is 0.231 e. The molecule has 4 aliphatic heterocycles. The highest BCUT2D eigenvalue weighted by molar-refractivity contribution is 7.20. The third kappa shape index (κ3) is 2.34. The lowest BCUT2D eigenvalue weighted by Gasteiger charge is -2.44. The van der Waals surface area contributed by atoms with Crippen LogP contribution in [0, 0.1) is 11.8 Å². The fourth-order valence-corrected chi connectivity index (χ4v) is 5.25. The van der Waals surface area contributed by atoms with Gasteiger partial charge in [0.15, 0.2) is 17.3 Å². The maximum absolute atomic E-state index is 12.7. The van der Waals surface area contributed by atoms with Gasteiger partial charge in [0.2, 0.25) is 6.79 Å². The van der Waals surface area contributed by atoms with Crippen molar-refractivity contribution in [3.63, 3.8) is 0 Å². The molecule has 0 unspecified atom stereocenters. The average molecular weight is 329 g/mol. The van der Waals surface area contributed by atoms with E-state index < -0.39 is 0 Å². The first kappa shape index (κ1) is 13.8. The van der Waals surface area contributed by atoms with Crippen molar-refractivity contribution in [1.82, 2.24) is 4.90 Å². The zero-order chi connectivity index (χ0) is 15.4. The zero-order valence-electron chi connectivity index (χ0n) is 12.9. The van der Waals surface area contributed by atoms with Crippen molar-refractivity contribution < 1.29 is 14.3 Å². The number of rotatable bonds is 3. The minimum Gasteiger partial charge on any atom is -0.454 e. The van der Waals surface area contributed by atoms with Crippen molar-refractivity contribution in [3.8, 4) is 11.5 Å². The second-order valence-corrected chi connectivity index (χ2v) is 7.96. The third-order valence-electron chi connectivity index (χ3n) is 5.53. The largest absolute Gasteiger partial charge is 0.454 e. The molecular weight excluding hydrogens is 310 g/mol. The van der Waals surface area contributed by atoms with E-state index in [0.29, 0.717) is 18.1 Å². The van der Waals surface area contributed by atoms with Crippen LogP contribution in [0.3, 0.4) is 0 Å². The monoisotopic (exact) mass is 329 g/mol. The summed E-state index contributed by atoms with van der Waals surface area (Å²) in [6.45, 7) is 3.85. The van der Waals surface area contributed by atoms with Gasteiger partial charge in [0.25, 0.3) is 0 Å². The zero-order valence-corrected chi connectivity index (χ0v) is 13.7. The molecule has 0 saturated carbocycles. The molecule has 5 heteroatoms. The first-order chi connectivity index (χ1) is 11.3. The average Bonchev–Trinajstić information content (AvgIpc) is 3.19. The first-order valence-corrected chi connectivity index (χ1v) is 9.17. The van der Waals surface area contributed by atoms with E-state index in [0.717, 1.165) is 38.9 Å². The lowest BCUT2D eigenvalue weighted by Crippen LogP contribution is -2.47. The van der Waals surface area contributed by atoms with Crippen molar-refractivity contribution in [1.29, 1.82) is 0 Å². The molecule has 5 heterocycles. The second kappa shape index (κ2) is 5.21. The van der Waals surface area contributed by atoms with E-state index in [1.807, 2.05) is 18.2 Å². The number of ketones is 1.